The topological polar surface area (TPSA) is 79.3 Å². The second-order valence-corrected chi connectivity index (χ2v) is 5.09. The average molecular weight is 264 g/mol. The van der Waals surface area contributed by atoms with Crippen LogP contribution in [-0.2, 0) is 9.59 Å². The number of aryl methyl sites for hydroxylation is 1. The second-order valence-electron chi connectivity index (χ2n) is 3.86. The minimum Gasteiger partial charge on any atom is -0.481 e. The van der Waals surface area contributed by atoms with Gasteiger partial charge in [0.05, 0.1) is 21.6 Å². The number of aliphatic carboxylic acids is 1. The molecule has 0 unspecified atom stereocenters. The van der Waals surface area contributed by atoms with E-state index >= 15 is 0 Å². The lowest BCUT2D eigenvalue weighted by Crippen LogP contribution is -2.13. The minimum absolute atomic E-state index is 0.0243. The van der Waals surface area contributed by atoms with Gasteiger partial charge in [0.1, 0.15) is 0 Å². The molecule has 5 nitrogen and oxygen atoms in total. The summed E-state index contributed by atoms with van der Waals surface area (Å²) in [7, 11) is 0. The van der Waals surface area contributed by atoms with Gasteiger partial charge in [0, 0.05) is 12.1 Å². The Morgan fingerprint density at radius 2 is 2.17 bits per heavy atom. The molecule has 2 rings (SSSR count). The molecule has 0 aliphatic rings. The Hall–Kier alpha value is -1.95. The number of anilines is 1. The van der Waals surface area contributed by atoms with Crippen LogP contribution >= 0.6 is 11.3 Å². The third-order valence-electron chi connectivity index (χ3n) is 2.34. The summed E-state index contributed by atoms with van der Waals surface area (Å²) >= 11 is 1.59. The molecular weight excluding hydrogens is 252 g/mol. The first-order valence-electron chi connectivity index (χ1n) is 5.43. The van der Waals surface area contributed by atoms with Gasteiger partial charge in [-0.3, -0.25) is 9.59 Å². The standard InChI is InChI=1S/C12H12N2O3S/c1-7-13-9-6-8(2-3-10(9)18-7)14-11(15)4-5-12(16)17/h2-3,6H,4-5H2,1H3,(H,14,15)(H,16,17). The van der Waals surface area contributed by atoms with Crippen LogP contribution in [0.25, 0.3) is 10.2 Å². The van der Waals surface area contributed by atoms with Crippen LogP contribution in [0.2, 0.25) is 0 Å². The van der Waals surface area contributed by atoms with E-state index < -0.39 is 5.97 Å². The molecular formula is C12H12N2O3S. The maximum Gasteiger partial charge on any atom is 0.303 e. The van der Waals surface area contributed by atoms with Gasteiger partial charge in [-0.15, -0.1) is 11.3 Å². The Morgan fingerprint density at radius 1 is 1.39 bits per heavy atom. The Bertz CT molecular complexity index is 606. The van der Waals surface area contributed by atoms with Crippen molar-refractivity contribution >= 4 is 39.1 Å². The van der Waals surface area contributed by atoms with Gasteiger partial charge in [-0.25, -0.2) is 4.98 Å². The van der Waals surface area contributed by atoms with E-state index in [0.29, 0.717) is 5.69 Å². The second kappa shape index (κ2) is 5.14. The lowest BCUT2D eigenvalue weighted by molar-refractivity contribution is -0.138. The van der Waals surface area contributed by atoms with Crippen molar-refractivity contribution in [2.24, 2.45) is 0 Å². The lowest BCUT2D eigenvalue weighted by atomic mass is 10.2. The zero-order chi connectivity index (χ0) is 13.1. The Balaban J connectivity index is 2.07. The van der Waals surface area contributed by atoms with Gasteiger partial charge >= 0.3 is 5.97 Å². The minimum atomic E-state index is -0.976. The molecule has 1 aromatic carbocycles. The Kier molecular flexibility index (Phi) is 3.57. The summed E-state index contributed by atoms with van der Waals surface area (Å²) < 4.78 is 1.07. The molecule has 1 amide bonds. The third kappa shape index (κ3) is 3.04. The van der Waals surface area contributed by atoms with E-state index in [1.54, 1.807) is 23.5 Å². The molecule has 0 saturated carbocycles. The van der Waals surface area contributed by atoms with Crippen molar-refractivity contribution in [1.29, 1.82) is 0 Å². The maximum atomic E-state index is 11.5. The highest BCUT2D eigenvalue weighted by molar-refractivity contribution is 7.18. The van der Waals surface area contributed by atoms with Gasteiger partial charge in [0.25, 0.3) is 0 Å². The number of thiazole rings is 1. The van der Waals surface area contributed by atoms with Crippen LogP contribution in [0.3, 0.4) is 0 Å². The highest BCUT2D eigenvalue weighted by Crippen LogP contribution is 2.24. The van der Waals surface area contributed by atoms with Crippen LogP contribution in [0.4, 0.5) is 5.69 Å². The van der Waals surface area contributed by atoms with Crippen molar-refractivity contribution in [1.82, 2.24) is 4.98 Å². The normalized spacial score (nSPS) is 10.5. The van der Waals surface area contributed by atoms with Crippen molar-refractivity contribution in [2.45, 2.75) is 19.8 Å². The summed E-state index contributed by atoms with van der Waals surface area (Å²) in [6.07, 6.45) is -0.187. The number of fused-ring (bicyclic) bond motifs is 1. The van der Waals surface area contributed by atoms with Gasteiger partial charge in [-0.2, -0.15) is 0 Å². The summed E-state index contributed by atoms with van der Waals surface area (Å²) in [6, 6.07) is 5.48. The van der Waals surface area contributed by atoms with Crippen LogP contribution in [0.1, 0.15) is 17.8 Å². The van der Waals surface area contributed by atoms with E-state index in [1.165, 1.54) is 0 Å². The zero-order valence-corrected chi connectivity index (χ0v) is 10.6. The predicted octanol–water partition coefficient (Wildman–Crippen LogP) is 2.41. The van der Waals surface area contributed by atoms with Crippen molar-refractivity contribution in [2.75, 3.05) is 5.32 Å². The van der Waals surface area contributed by atoms with E-state index in [9.17, 15) is 9.59 Å². The lowest BCUT2D eigenvalue weighted by Gasteiger charge is -2.03. The number of nitrogens with zero attached hydrogens (tertiary/aromatic N) is 1. The number of hydrogen-bond donors (Lipinski definition) is 2. The fourth-order valence-corrected chi connectivity index (χ4v) is 2.37. The van der Waals surface area contributed by atoms with Gasteiger partial charge < -0.3 is 10.4 Å². The average Bonchev–Trinajstić information content (AvgIpc) is 2.66. The first kappa shape index (κ1) is 12.5. The monoisotopic (exact) mass is 264 g/mol. The quantitative estimate of drug-likeness (QED) is 0.888. The molecule has 0 fully saturated rings. The molecule has 1 aromatic heterocycles. The van der Waals surface area contributed by atoms with E-state index in [4.69, 9.17) is 5.11 Å². The van der Waals surface area contributed by atoms with Crippen LogP contribution in [-0.4, -0.2) is 22.0 Å². The van der Waals surface area contributed by atoms with Crippen LogP contribution in [0.5, 0.6) is 0 Å². The molecule has 0 aliphatic carbocycles. The Labute approximate surface area is 107 Å². The van der Waals surface area contributed by atoms with Gasteiger partial charge in [0.15, 0.2) is 0 Å². The molecule has 0 bridgehead atoms. The van der Waals surface area contributed by atoms with Crippen LogP contribution in [0, 0.1) is 6.92 Å². The molecule has 0 saturated heterocycles. The van der Waals surface area contributed by atoms with E-state index in [2.05, 4.69) is 10.3 Å². The van der Waals surface area contributed by atoms with E-state index in [0.717, 1.165) is 15.2 Å². The van der Waals surface area contributed by atoms with Crippen LogP contribution in [0.15, 0.2) is 18.2 Å². The van der Waals surface area contributed by atoms with Crippen molar-refractivity contribution in [3.8, 4) is 0 Å². The molecule has 0 radical (unpaired) electrons. The molecule has 0 atom stereocenters. The number of benzene rings is 1. The predicted molar refractivity (Wildman–Crippen MR) is 69.9 cm³/mol. The summed E-state index contributed by atoms with van der Waals surface area (Å²) in [5, 5.41) is 12.1. The largest absolute Gasteiger partial charge is 0.481 e. The molecule has 0 spiro atoms. The number of carbonyl (C=O) groups excluding carboxylic acids is 1. The van der Waals surface area contributed by atoms with Gasteiger partial charge in [0.2, 0.25) is 5.91 Å². The number of carbonyl (C=O) groups is 2. The number of carboxylic acid groups (broad SMARTS) is 1. The molecule has 0 aliphatic heterocycles. The third-order valence-corrected chi connectivity index (χ3v) is 3.30. The van der Waals surface area contributed by atoms with Gasteiger partial charge in [-0.1, -0.05) is 0 Å². The fourth-order valence-electron chi connectivity index (χ4n) is 1.56. The summed E-state index contributed by atoms with van der Waals surface area (Å²) in [6.45, 7) is 1.93. The molecule has 18 heavy (non-hydrogen) atoms. The molecule has 2 aromatic rings. The maximum absolute atomic E-state index is 11.5. The molecule has 6 heteroatoms. The number of rotatable bonds is 4. The first-order chi connectivity index (χ1) is 8.54. The highest BCUT2D eigenvalue weighted by Gasteiger charge is 2.07. The smallest absolute Gasteiger partial charge is 0.303 e. The summed E-state index contributed by atoms with van der Waals surface area (Å²) in [5.41, 5.74) is 1.48. The first-order valence-corrected chi connectivity index (χ1v) is 6.25. The number of aromatic nitrogens is 1. The van der Waals surface area contributed by atoms with Gasteiger partial charge in [-0.05, 0) is 25.1 Å². The molecule has 94 valence electrons. The highest BCUT2D eigenvalue weighted by atomic mass is 32.1. The zero-order valence-electron chi connectivity index (χ0n) is 9.77. The number of amides is 1. The SMILES string of the molecule is Cc1nc2cc(NC(=O)CCC(=O)O)ccc2s1. The van der Waals surface area contributed by atoms with Crippen molar-refractivity contribution in [3.63, 3.8) is 0 Å². The van der Waals surface area contributed by atoms with Crippen molar-refractivity contribution < 1.29 is 14.7 Å². The summed E-state index contributed by atoms with van der Waals surface area (Å²) in [4.78, 5) is 26.1. The fraction of sp³-hybridized carbons (Fsp3) is 0.250. The number of hydrogen-bond acceptors (Lipinski definition) is 4. The van der Waals surface area contributed by atoms with Crippen LogP contribution < -0.4 is 5.32 Å². The summed E-state index contributed by atoms with van der Waals surface area (Å²) in [5.74, 6) is -1.28. The molecule has 2 N–H and O–H groups in total. The molecule has 1 heterocycles. The van der Waals surface area contributed by atoms with Crippen molar-refractivity contribution in [3.05, 3.63) is 23.2 Å². The number of nitrogens with one attached hydrogen (secondary N) is 1. The van der Waals surface area contributed by atoms with E-state index in [-0.39, 0.29) is 18.7 Å². The Morgan fingerprint density at radius 3 is 2.89 bits per heavy atom. The van der Waals surface area contributed by atoms with E-state index in [1.807, 2.05) is 13.0 Å². The number of carboxylic acids is 1.